The normalized spacial score (nSPS) is 24.9. The summed E-state index contributed by atoms with van der Waals surface area (Å²) in [6.07, 6.45) is 28.0. The van der Waals surface area contributed by atoms with Crippen LogP contribution in [0.2, 0.25) is 0 Å². The average Bonchev–Trinajstić information content (AvgIpc) is 2.86. The molecular formula is C26H44N2S2Se2. The van der Waals surface area contributed by atoms with E-state index in [-0.39, 0.29) is 0 Å². The van der Waals surface area contributed by atoms with Gasteiger partial charge in [0.1, 0.15) is 0 Å². The van der Waals surface area contributed by atoms with Gasteiger partial charge in [-0.2, -0.15) is 0 Å². The summed E-state index contributed by atoms with van der Waals surface area (Å²) in [5, 5.41) is 0. The molecule has 0 radical (unpaired) electrons. The van der Waals surface area contributed by atoms with E-state index in [0.29, 0.717) is 26.3 Å². The summed E-state index contributed by atoms with van der Waals surface area (Å²) in [5.74, 6) is 0. The molecule has 0 atom stereocenters. The second-order valence-corrected chi connectivity index (χ2v) is 18.6. The maximum absolute atomic E-state index is 6.25. The van der Waals surface area contributed by atoms with E-state index in [0.717, 1.165) is 24.2 Å². The van der Waals surface area contributed by atoms with Gasteiger partial charge in [-0.1, -0.05) is 0 Å². The molecule has 4 fully saturated rings. The Kier molecular flexibility index (Phi) is 11.2. The fourth-order valence-corrected chi connectivity index (χ4v) is 14.6. The minimum atomic E-state index is 0.399. The van der Waals surface area contributed by atoms with Crippen molar-refractivity contribution in [3.05, 3.63) is 0 Å². The maximum atomic E-state index is 6.25. The summed E-state index contributed by atoms with van der Waals surface area (Å²) in [5.41, 5.74) is 0. The van der Waals surface area contributed by atoms with Crippen LogP contribution >= 0.6 is 24.4 Å². The van der Waals surface area contributed by atoms with E-state index >= 15 is 0 Å². The summed E-state index contributed by atoms with van der Waals surface area (Å²) >= 11 is 13.3. The molecule has 4 saturated carbocycles. The van der Waals surface area contributed by atoms with Crippen molar-refractivity contribution >= 4 is 58.5 Å². The number of rotatable bonds is 7. The van der Waals surface area contributed by atoms with E-state index in [1.54, 1.807) is 0 Å². The fraction of sp³-hybridized carbons (Fsp3) is 0.923. The minimum absolute atomic E-state index is 0.399. The van der Waals surface area contributed by atoms with Gasteiger partial charge in [0.05, 0.1) is 0 Å². The zero-order valence-corrected chi connectivity index (χ0v) is 25.0. The molecule has 2 nitrogen and oxygen atoms in total. The zero-order valence-electron chi connectivity index (χ0n) is 20.0. The van der Waals surface area contributed by atoms with Crippen molar-refractivity contribution in [2.45, 2.75) is 153 Å². The summed E-state index contributed by atoms with van der Waals surface area (Å²) in [6.45, 7) is 0. The van der Waals surface area contributed by atoms with Crippen LogP contribution in [0.5, 0.6) is 0 Å². The molecule has 4 aliphatic carbocycles. The number of nitrogens with zero attached hydrogens (tertiary/aromatic N) is 2. The molecule has 0 aliphatic heterocycles. The molecule has 0 saturated heterocycles. The van der Waals surface area contributed by atoms with Gasteiger partial charge < -0.3 is 0 Å². The van der Waals surface area contributed by atoms with Crippen molar-refractivity contribution in [2.75, 3.05) is 0 Å². The van der Waals surface area contributed by atoms with Crippen LogP contribution in [0.15, 0.2) is 0 Å². The first kappa shape index (κ1) is 25.9. The number of hydrogen-bond acceptors (Lipinski definition) is 2. The molecule has 182 valence electrons. The van der Waals surface area contributed by atoms with Crippen LogP contribution in [0.25, 0.3) is 0 Å². The Balaban J connectivity index is 1.39. The summed E-state index contributed by atoms with van der Waals surface area (Å²) in [6, 6.07) is 2.94. The zero-order chi connectivity index (χ0) is 22.2. The number of thiocarbonyl (C=S) groups is 2. The van der Waals surface area contributed by atoms with E-state index in [4.69, 9.17) is 24.4 Å². The Hall–Kier alpha value is 0.819. The molecule has 4 rings (SSSR count). The van der Waals surface area contributed by atoms with E-state index in [2.05, 4.69) is 9.80 Å². The van der Waals surface area contributed by atoms with Gasteiger partial charge >= 0.3 is 221 Å². The second-order valence-electron chi connectivity index (χ2n) is 10.7. The molecule has 0 spiro atoms. The van der Waals surface area contributed by atoms with Gasteiger partial charge in [-0.3, -0.25) is 0 Å². The Morgan fingerprint density at radius 2 is 0.625 bits per heavy atom. The molecule has 0 unspecified atom stereocenters. The molecule has 4 aliphatic rings. The van der Waals surface area contributed by atoms with Gasteiger partial charge in [0.25, 0.3) is 0 Å². The third-order valence-electron chi connectivity index (χ3n) is 8.48. The predicted octanol–water partition coefficient (Wildman–Crippen LogP) is 6.81. The molecule has 0 bridgehead atoms. The summed E-state index contributed by atoms with van der Waals surface area (Å²) in [7, 11) is 0. The van der Waals surface area contributed by atoms with Crippen LogP contribution in [0.1, 0.15) is 128 Å². The molecule has 0 amide bonds. The van der Waals surface area contributed by atoms with Gasteiger partial charge in [-0.15, -0.1) is 0 Å². The van der Waals surface area contributed by atoms with Crippen molar-refractivity contribution in [3.63, 3.8) is 0 Å². The van der Waals surface area contributed by atoms with E-state index < -0.39 is 0 Å². The quantitative estimate of drug-likeness (QED) is 0.232. The first-order chi connectivity index (χ1) is 15.7. The van der Waals surface area contributed by atoms with Crippen LogP contribution in [0, 0.1) is 0 Å². The van der Waals surface area contributed by atoms with Crippen molar-refractivity contribution in [1.29, 1.82) is 0 Å². The van der Waals surface area contributed by atoms with E-state index in [9.17, 15) is 0 Å². The molecular weight excluding hydrogens is 562 g/mol. The van der Waals surface area contributed by atoms with Crippen LogP contribution in [-0.2, 0) is 0 Å². The average molecular weight is 607 g/mol. The molecule has 0 aromatic rings. The molecule has 0 aromatic heterocycles. The molecule has 0 heterocycles. The van der Waals surface area contributed by atoms with Gasteiger partial charge in [0, 0.05) is 0 Å². The van der Waals surface area contributed by atoms with Gasteiger partial charge in [0.15, 0.2) is 0 Å². The second kappa shape index (κ2) is 13.8. The Morgan fingerprint density at radius 3 is 0.844 bits per heavy atom. The van der Waals surface area contributed by atoms with Crippen LogP contribution in [0.4, 0.5) is 0 Å². The van der Waals surface area contributed by atoms with Crippen molar-refractivity contribution in [2.24, 2.45) is 0 Å². The van der Waals surface area contributed by atoms with Gasteiger partial charge in [-0.05, 0) is 0 Å². The monoisotopic (exact) mass is 608 g/mol. The van der Waals surface area contributed by atoms with E-state index in [1.807, 2.05) is 0 Å². The summed E-state index contributed by atoms with van der Waals surface area (Å²) < 4.78 is 2.68. The van der Waals surface area contributed by atoms with Crippen molar-refractivity contribution < 1.29 is 0 Å². The predicted molar refractivity (Wildman–Crippen MR) is 148 cm³/mol. The van der Waals surface area contributed by atoms with Crippen LogP contribution in [-0.4, -0.2) is 68.0 Å². The molecule has 0 N–H and O–H groups in total. The van der Waals surface area contributed by atoms with Gasteiger partial charge in [-0.25, -0.2) is 0 Å². The summed E-state index contributed by atoms with van der Waals surface area (Å²) in [4.78, 5) is 5.62. The van der Waals surface area contributed by atoms with Gasteiger partial charge in [0.2, 0.25) is 0 Å². The number of hydrogen-bond donors (Lipinski definition) is 0. The SMILES string of the molecule is S=C([Se][Se]C(=S)N(C1CCCCC1)C1CCCCC1)N(C1CCCCC1)C1CCCCC1. The topological polar surface area (TPSA) is 6.48 Å². The van der Waals surface area contributed by atoms with E-state index in [1.165, 1.54) is 136 Å². The molecule has 6 heteroatoms. The Morgan fingerprint density at radius 1 is 0.406 bits per heavy atom. The van der Waals surface area contributed by atoms with Crippen molar-refractivity contribution in [1.82, 2.24) is 9.80 Å². The Bertz CT molecular complexity index is 505. The van der Waals surface area contributed by atoms with Crippen LogP contribution < -0.4 is 0 Å². The fourth-order valence-electron chi connectivity index (χ4n) is 6.79. The van der Waals surface area contributed by atoms with Crippen LogP contribution in [0.3, 0.4) is 0 Å². The standard InChI is InChI=1S/C26H44N2S2Se2/c29-25(27(21-13-5-1-6-14-21)22-15-7-2-8-16-22)31-32-26(30)28(23-17-9-3-10-18-23)24-19-11-4-12-20-24/h21-24H,1-20H2. The third kappa shape index (κ3) is 7.17. The molecule has 0 aromatic carbocycles. The first-order valence-corrected chi connectivity index (χ1v) is 20.6. The third-order valence-corrected chi connectivity index (χ3v) is 18.2. The van der Waals surface area contributed by atoms with Crippen molar-refractivity contribution in [3.8, 4) is 0 Å². The Labute approximate surface area is 219 Å². The molecule has 32 heavy (non-hydrogen) atoms. The first-order valence-electron chi connectivity index (χ1n) is 13.7.